The summed E-state index contributed by atoms with van der Waals surface area (Å²) in [5.74, 6) is -0.281. The number of carbonyl (C=O) groups is 2. The van der Waals surface area contributed by atoms with Gasteiger partial charge in [0, 0.05) is 61.6 Å². The van der Waals surface area contributed by atoms with Crippen LogP contribution in [0, 0.1) is 18.3 Å². The quantitative estimate of drug-likeness (QED) is 0.700. The van der Waals surface area contributed by atoms with E-state index in [4.69, 9.17) is 16.9 Å². The summed E-state index contributed by atoms with van der Waals surface area (Å²) in [5.41, 5.74) is 3.52. The minimum atomic E-state index is -0.281. The van der Waals surface area contributed by atoms with E-state index in [-0.39, 0.29) is 18.0 Å². The lowest BCUT2D eigenvalue weighted by atomic mass is 10.0. The third kappa shape index (κ3) is 5.35. The molecule has 1 atom stereocenters. The molecule has 3 amide bonds. The summed E-state index contributed by atoms with van der Waals surface area (Å²) in [5, 5.41) is 12.6. The molecule has 34 heavy (non-hydrogen) atoms. The fourth-order valence-corrected chi connectivity index (χ4v) is 4.99. The highest BCUT2D eigenvalue weighted by Crippen LogP contribution is 2.27. The first-order chi connectivity index (χ1) is 16.4. The van der Waals surface area contributed by atoms with Crippen molar-refractivity contribution in [2.45, 2.75) is 39.3 Å². The third-order valence-electron chi connectivity index (χ3n) is 6.71. The van der Waals surface area contributed by atoms with E-state index in [0.29, 0.717) is 34.9 Å². The van der Waals surface area contributed by atoms with Gasteiger partial charge in [0.2, 0.25) is 0 Å². The molecule has 2 aliphatic rings. The zero-order valence-electron chi connectivity index (χ0n) is 19.7. The Hall–Kier alpha value is -3.08. The van der Waals surface area contributed by atoms with E-state index in [0.717, 1.165) is 50.1 Å². The van der Waals surface area contributed by atoms with Crippen molar-refractivity contribution < 1.29 is 9.59 Å². The molecule has 0 aliphatic carbocycles. The van der Waals surface area contributed by atoms with Gasteiger partial charge < -0.3 is 15.1 Å². The number of amides is 3. The van der Waals surface area contributed by atoms with Crippen molar-refractivity contribution >= 4 is 29.2 Å². The number of rotatable bonds is 4. The van der Waals surface area contributed by atoms with E-state index < -0.39 is 0 Å². The Morgan fingerprint density at radius 1 is 1.15 bits per heavy atom. The van der Waals surface area contributed by atoms with Gasteiger partial charge in [-0.15, -0.1) is 0 Å². The van der Waals surface area contributed by atoms with Crippen molar-refractivity contribution in [2.75, 3.05) is 38.0 Å². The van der Waals surface area contributed by atoms with Gasteiger partial charge in [-0.2, -0.15) is 5.26 Å². The zero-order chi connectivity index (χ0) is 24.2. The summed E-state index contributed by atoms with van der Waals surface area (Å²) in [7, 11) is 0. The van der Waals surface area contributed by atoms with Crippen molar-refractivity contribution in [2.24, 2.45) is 0 Å². The molecule has 2 heterocycles. The van der Waals surface area contributed by atoms with Gasteiger partial charge in [0.25, 0.3) is 5.91 Å². The van der Waals surface area contributed by atoms with Gasteiger partial charge >= 0.3 is 6.03 Å². The number of nitriles is 1. The van der Waals surface area contributed by atoms with Crippen molar-refractivity contribution in [1.82, 2.24) is 14.7 Å². The van der Waals surface area contributed by atoms with Crippen molar-refractivity contribution in [3.05, 3.63) is 63.7 Å². The average Bonchev–Trinajstić information content (AvgIpc) is 3.37. The van der Waals surface area contributed by atoms with Crippen LogP contribution in [-0.4, -0.2) is 65.4 Å². The number of hydrogen-bond donors (Lipinski definition) is 1. The third-order valence-corrected chi connectivity index (χ3v) is 6.93. The van der Waals surface area contributed by atoms with Crippen LogP contribution in [0.15, 0.2) is 36.4 Å². The molecular weight excluding hydrogens is 450 g/mol. The Morgan fingerprint density at radius 2 is 1.91 bits per heavy atom. The maximum Gasteiger partial charge on any atom is 0.320 e. The topological polar surface area (TPSA) is 79.7 Å². The van der Waals surface area contributed by atoms with E-state index in [1.54, 1.807) is 30.3 Å². The number of nitrogens with one attached hydrogen (secondary N) is 1. The molecule has 0 saturated carbocycles. The van der Waals surface area contributed by atoms with Gasteiger partial charge in [-0.25, -0.2) is 4.79 Å². The lowest BCUT2D eigenvalue weighted by Crippen LogP contribution is -2.56. The maximum atomic E-state index is 12.8. The van der Waals surface area contributed by atoms with Gasteiger partial charge in [0.15, 0.2) is 0 Å². The van der Waals surface area contributed by atoms with Crippen LogP contribution < -0.4 is 5.32 Å². The molecule has 178 valence electrons. The van der Waals surface area contributed by atoms with Gasteiger partial charge in [-0.1, -0.05) is 17.7 Å². The molecule has 0 bridgehead atoms. The number of carbonyl (C=O) groups excluding carboxylic acids is 2. The molecular formula is C26H30ClN5O2. The lowest BCUT2D eigenvalue weighted by Gasteiger charge is -2.41. The largest absolute Gasteiger partial charge is 0.325 e. The minimum absolute atomic E-state index is 0.132. The van der Waals surface area contributed by atoms with Gasteiger partial charge in [-0.05, 0) is 68.1 Å². The van der Waals surface area contributed by atoms with E-state index in [9.17, 15) is 9.59 Å². The van der Waals surface area contributed by atoms with Crippen LogP contribution in [0.2, 0.25) is 5.02 Å². The van der Waals surface area contributed by atoms with Crippen LogP contribution in [0.25, 0.3) is 0 Å². The first-order valence-electron chi connectivity index (χ1n) is 11.7. The lowest BCUT2D eigenvalue weighted by molar-refractivity contribution is 0.0814. The summed E-state index contributed by atoms with van der Waals surface area (Å²) in [4.78, 5) is 31.9. The molecule has 0 radical (unpaired) electrons. The number of benzene rings is 2. The Morgan fingerprint density at radius 3 is 2.62 bits per heavy atom. The predicted molar refractivity (Wildman–Crippen MR) is 133 cm³/mol. The summed E-state index contributed by atoms with van der Waals surface area (Å²) in [6.07, 6.45) is 2.19. The van der Waals surface area contributed by atoms with Crippen molar-refractivity contribution in [1.29, 1.82) is 5.26 Å². The molecule has 2 aromatic rings. The normalized spacial score (nSPS) is 18.6. The second kappa shape index (κ2) is 10.5. The van der Waals surface area contributed by atoms with Crippen molar-refractivity contribution in [3.8, 4) is 6.07 Å². The molecule has 0 spiro atoms. The van der Waals surface area contributed by atoms with Crippen LogP contribution in [0.4, 0.5) is 10.5 Å². The average molecular weight is 480 g/mol. The summed E-state index contributed by atoms with van der Waals surface area (Å²) in [6, 6.07) is 12.7. The van der Waals surface area contributed by atoms with Crippen LogP contribution >= 0.6 is 11.6 Å². The van der Waals surface area contributed by atoms with Crippen LogP contribution in [0.5, 0.6) is 0 Å². The fraction of sp³-hybridized carbons (Fsp3) is 0.423. The molecule has 2 aliphatic heterocycles. The Balaban J connectivity index is 1.43. The SMILES string of the molecule is Cc1c(CN2CCN(C(=O)N3CCCC3)[C@@H](C)C2)cc(Cl)cc1NC(=O)c1cccc(C#N)c1. The van der Waals surface area contributed by atoms with Gasteiger partial charge in [0.05, 0.1) is 11.6 Å². The maximum absolute atomic E-state index is 12.8. The van der Waals surface area contributed by atoms with Crippen LogP contribution in [-0.2, 0) is 6.54 Å². The summed E-state index contributed by atoms with van der Waals surface area (Å²) in [6.45, 7) is 8.78. The Bertz CT molecular complexity index is 1120. The monoisotopic (exact) mass is 479 g/mol. The zero-order valence-corrected chi connectivity index (χ0v) is 20.4. The van der Waals surface area contributed by atoms with Crippen LogP contribution in [0.1, 0.15) is 46.8 Å². The molecule has 4 rings (SSSR count). The molecule has 0 aromatic heterocycles. The van der Waals surface area contributed by atoms with E-state index >= 15 is 0 Å². The number of hydrogen-bond acceptors (Lipinski definition) is 4. The molecule has 7 nitrogen and oxygen atoms in total. The van der Waals surface area contributed by atoms with Gasteiger partial charge in [0.1, 0.15) is 0 Å². The summed E-state index contributed by atoms with van der Waals surface area (Å²) >= 11 is 6.41. The van der Waals surface area contributed by atoms with E-state index in [1.807, 2.05) is 22.8 Å². The Kier molecular flexibility index (Phi) is 7.40. The highest BCUT2D eigenvalue weighted by Gasteiger charge is 2.31. The molecule has 0 unspecified atom stereocenters. The first-order valence-corrected chi connectivity index (χ1v) is 12.1. The predicted octanol–water partition coefficient (Wildman–Crippen LogP) is 4.49. The Labute approximate surface area is 205 Å². The highest BCUT2D eigenvalue weighted by atomic mass is 35.5. The van der Waals surface area contributed by atoms with E-state index in [1.165, 1.54) is 0 Å². The van der Waals surface area contributed by atoms with Crippen LogP contribution in [0.3, 0.4) is 0 Å². The first kappa shape index (κ1) is 24.1. The molecule has 1 N–H and O–H groups in total. The number of halogens is 1. The molecule has 2 saturated heterocycles. The van der Waals surface area contributed by atoms with Gasteiger partial charge in [-0.3, -0.25) is 9.69 Å². The molecule has 2 fully saturated rings. The molecule has 8 heteroatoms. The van der Waals surface area contributed by atoms with Crippen molar-refractivity contribution in [3.63, 3.8) is 0 Å². The summed E-state index contributed by atoms with van der Waals surface area (Å²) < 4.78 is 0. The fourth-order valence-electron chi connectivity index (χ4n) is 4.75. The highest BCUT2D eigenvalue weighted by molar-refractivity contribution is 6.31. The second-order valence-electron chi connectivity index (χ2n) is 9.14. The molecule has 2 aromatic carbocycles. The second-order valence-corrected chi connectivity index (χ2v) is 9.57. The number of anilines is 1. The number of urea groups is 1. The number of nitrogens with zero attached hydrogens (tertiary/aromatic N) is 4. The minimum Gasteiger partial charge on any atom is -0.325 e. The smallest absolute Gasteiger partial charge is 0.320 e. The number of piperazine rings is 1. The standard InChI is InChI=1S/C26H30ClN5O2/c1-18-16-30(10-11-32(18)26(34)31-8-3-4-9-31)17-22-13-23(27)14-24(19(22)2)29-25(33)21-7-5-6-20(12-21)15-28/h5-7,12-14,18H,3-4,8-11,16-17H2,1-2H3,(H,29,33)/t18-/m0/s1. The number of likely N-dealkylation sites (tertiary alicyclic amines) is 1. The van der Waals surface area contributed by atoms with E-state index in [2.05, 4.69) is 23.2 Å².